The van der Waals surface area contributed by atoms with Crippen molar-refractivity contribution in [1.29, 1.82) is 0 Å². The normalized spacial score (nSPS) is 15.3. The van der Waals surface area contributed by atoms with E-state index in [1.165, 1.54) is 24.3 Å². The van der Waals surface area contributed by atoms with Crippen molar-refractivity contribution in [2.24, 2.45) is 5.92 Å². The Balaban J connectivity index is 1.69. The molecule has 0 atom stereocenters. The number of amides is 1. The van der Waals surface area contributed by atoms with Gasteiger partial charge in [-0.25, -0.2) is 8.42 Å². The van der Waals surface area contributed by atoms with Gasteiger partial charge in [-0.1, -0.05) is 24.3 Å². The average Bonchev–Trinajstić information content (AvgIpc) is 3.55. The maximum atomic E-state index is 13.3. The summed E-state index contributed by atoms with van der Waals surface area (Å²) in [5.41, 5.74) is -5.35. The van der Waals surface area contributed by atoms with E-state index in [1.807, 2.05) is 0 Å². The zero-order chi connectivity index (χ0) is 25.4. The summed E-state index contributed by atoms with van der Waals surface area (Å²) in [6.45, 7) is -0.0311. The molecular formula is C22H21F6NO4S. The van der Waals surface area contributed by atoms with Crippen LogP contribution in [-0.2, 0) is 26.7 Å². The molecule has 1 N–H and O–H groups in total. The van der Waals surface area contributed by atoms with E-state index in [2.05, 4.69) is 10.1 Å². The van der Waals surface area contributed by atoms with E-state index in [0.717, 1.165) is 25.0 Å². The molecule has 34 heavy (non-hydrogen) atoms. The van der Waals surface area contributed by atoms with Gasteiger partial charge in [-0.2, -0.15) is 26.3 Å². The van der Waals surface area contributed by atoms with Gasteiger partial charge in [0.25, 0.3) is 11.5 Å². The van der Waals surface area contributed by atoms with Gasteiger partial charge in [0, 0.05) is 24.8 Å². The van der Waals surface area contributed by atoms with Crippen molar-refractivity contribution in [3.8, 4) is 0 Å². The summed E-state index contributed by atoms with van der Waals surface area (Å²) in [7, 11) is -3.08. The molecule has 1 aliphatic rings. The number of halogens is 6. The van der Waals surface area contributed by atoms with Crippen LogP contribution in [0.3, 0.4) is 0 Å². The van der Waals surface area contributed by atoms with Gasteiger partial charge in [0.05, 0.1) is 10.6 Å². The van der Waals surface area contributed by atoms with Crippen LogP contribution < -0.4 is 5.32 Å². The molecule has 0 unspecified atom stereocenters. The van der Waals surface area contributed by atoms with E-state index in [1.54, 1.807) is 0 Å². The van der Waals surface area contributed by atoms with Gasteiger partial charge in [0.2, 0.25) is 0 Å². The van der Waals surface area contributed by atoms with Crippen LogP contribution in [0.2, 0.25) is 0 Å². The molecule has 0 spiro atoms. The molecule has 3 rings (SSSR count). The smallest absolute Gasteiger partial charge is 0.357 e. The molecule has 0 saturated heterocycles. The fourth-order valence-corrected chi connectivity index (χ4v) is 5.18. The van der Waals surface area contributed by atoms with E-state index in [-0.39, 0.29) is 28.7 Å². The molecule has 1 amide bonds. The molecule has 1 saturated carbocycles. The molecule has 2 aromatic carbocycles. The van der Waals surface area contributed by atoms with Gasteiger partial charge in [-0.15, -0.1) is 0 Å². The Hall–Kier alpha value is -2.60. The lowest BCUT2D eigenvalue weighted by Crippen LogP contribution is -2.55. The summed E-state index contributed by atoms with van der Waals surface area (Å²) in [6.07, 6.45) is -9.80. The second kappa shape index (κ2) is 9.21. The highest BCUT2D eigenvalue weighted by Crippen LogP contribution is 2.52. The molecule has 1 fully saturated rings. The third-order valence-corrected chi connectivity index (χ3v) is 7.45. The standard InChI is InChI=1S/C22H21F6NO4S/c1-33-20(21(23,24)25,22(26,27)28)17-8-6-16(7-9-17)19(30)29-12-14-4-10-18(11-5-14)34(31,32)13-15-2-3-15/h4-11,15H,2-3,12-13H2,1H3,(H,29,30). The van der Waals surface area contributed by atoms with Gasteiger partial charge in [-0.3, -0.25) is 4.79 Å². The van der Waals surface area contributed by atoms with Crippen LogP contribution in [0, 0.1) is 5.92 Å². The maximum Gasteiger partial charge on any atom is 0.430 e. The van der Waals surface area contributed by atoms with Crippen molar-refractivity contribution in [2.45, 2.75) is 42.2 Å². The largest absolute Gasteiger partial charge is 0.430 e. The molecule has 1 aliphatic carbocycles. The molecule has 186 valence electrons. The highest BCUT2D eigenvalue weighted by Gasteiger charge is 2.73. The SMILES string of the molecule is COC(c1ccc(C(=O)NCc2ccc(S(=O)(=O)CC3CC3)cc2)cc1)(C(F)(F)F)C(F)(F)F. The monoisotopic (exact) mass is 509 g/mol. The van der Waals surface area contributed by atoms with Gasteiger partial charge in [0.1, 0.15) is 0 Å². The first-order chi connectivity index (χ1) is 15.7. The van der Waals surface area contributed by atoms with E-state index < -0.39 is 39.3 Å². The van der Waals surface area contributed by atoms with Crippen molar-refractivity contribution in [1.82, 2.24) is 5.32 Å². The first-order valence-electron chi connectivity index (χ1n) is 10.1. The van der Waals surface area contributed by atoms with Crippen LogP contribution in [0.25, 0.3) is 0 Å². The number of hydrogen-bond donors (Lipinski definition) is 1. The molecule has 0 heterocycles. The van der Waals surface area contributed by atoms with Gasteiger partial charge in [-0.05, 0) is 48.6 Å². The predicted octanol–water partition coefficient (Wildman–Crippen LogP) is 4.77. The Morgan fingerprint density at radius 3 is 1.91 bits per heavy atom. The molecular weight excluding hydrogens is 488 g/mol. The number of hydrogen-bond acceptors (Lipinski definition) is 4. The van der Waals surface area contributed by atoms with Crippen molar-refractivity contribution in [2.75, 3.05) is 12.9 Å². The van der Waals surface area contributed by atoms with Gasteiger partial charge >= 0.3 is 12.4 Å². The minimum atomic E-state index is -5.79. The van der Waals surface area contributed by atoms with Crippen molar-refractivity contribution < 1.29 is 44.3 Å². The minimum absolute atomic E-state index is 0.0311. The number of methoxy groups -OCH3 is 1. The van der Waals surface area contributed by atoms with Crippen molar-refractivity contribution in [3.63, 3.8) is 0 Å². The summed E-state index contributed by atoms with van der Waals surface area (Å²) in [5.74, 6) is -0.456. The number of sulfone groups is 1. The van der Waals surface area contributed by atoms with Crippen molar-refractivity contribution >= 4 is 15.7 Å². The molecule has 2 aromatic rings. The predicted molar refractivity (Wildman–Crippen MR) is 110 cm³/mol. The zero-order valence-corrected chi connectivity index (χ0v) is 18.7. The summed E-state index contributed by atoms with van der Waals surface area (Å²) >= 11 is 0. The summed E-state index contributed by atoms with van der Waals surface area (Å²) in [5, 5.41) is 2.48. The second-order valence-electron chi connectivity index (χ2n) is 8.01. The van der Waals surface area contributed by atoms with Crippen LogP contribution in [0.1, 0.15) is 34.3 Å². The highest BCUT2D eigenvalue weighted by atomic mass is 32.2. The van der Waals surface area contributed by atoms with Gasteiger partial charge in [0.15, 0.2) is 9.84 Å². The Bertz CT molecular complexity index is 1110. The quantitative estimate of drug-likeness (QED) is 0.521. The number of ether oxygens (including phenoxy) is 1. The molecule has 0 radical (unpaired) electrons. The Morgan fingerprint density at radius 2 is 1.47 bits per heavy atom. The van der Waals surface area contributed by atoms with Crippen LogP contribution in [0.5, 0.6) is 0 Å². The van der Waals surface area contributed by atoms with Crippen LogP contribution >= 0.6 is 0 Å². The highest BCUT2D eigenvalue weighted by molar-refractivity contribution is 7.91. The first-order valence-corrected chi connectivity index (χ1v) is 11.8. The number of rotatable bonds is 8. The lowest BCUT2D eigenvalue weighted by Gasteiger charge is -2.36. The van der Waals surface area contributed by atoms with Crippen molar-refractivity contribution in [3.05, 3.63) is 65.2 Å². The van der Waals surface area contributed by atoms with E-state index in [9.17, 15) is 39.6 Å². The maximum absolute atomic E-state index is 13.3. The zero-order valence-electron chi connectivity index (χ0n) is 17.8. The summed E-state index contributed by atoms with van der Waals surface area (Å²) in [6, 6.07) is 8.63. The molecule has 0 aromatic heterocycles. The van der Waals surface area contributed by atoms with E-state index in [4.69, 9.17) is 0 Å². The number of carbonyl (C=O) groups is 1. The van der Waals surface area contributed by atoms with Crippen LogP contribution in [0.4, 0.5) is 26.3 Å². The van der Waals surface area contributed by atoms with Gasteiger partial charge < -0.3 is 10.1 Å². The summed E-state index contributed by atoms with van der Waals surface area (Å²) in [4.78, 5) is 12.5. The summed E-state index contributed by atoms with van der Waals surface area (Å²) < 4.78 is 108. The number of benzene rings is 2. The molecule has 0 bridgehead atoms. The lowest BCUT2D eigenvalue weighted by atomic mass is 9.91. The third-order valence-electron chi connectivity index (χ3n) is 5.55. The Morgan fingerprint density at radius 1 is 0.941 bits per heavy atom. The molecule has 12 heteroatoms. The van der Waals surface area contributed by atoms with E-state index >= 15 is 0 Å². The number of nitrogens with one attached hydrogen (secondary N) is 1. The number of carbonyl (C=O) groups excluding carboxylic acids is 1. The second-order valence-corrected chi connectivity index (χ2v) is 10.0. The Labute approximate surface area is 192 Å². The average molecular weight is 509 g/mol. The topological polar surface area (TPSA) is 72.5 Å². The first kappa shape index (κ1) is 26.0. The molecule has 5 nitrogen and oxygen atoms in total. The minimum Gasteiger partial charge on any atom is -0.357 e. The fraction of sp³-hybridized carbons (Fsp3) is 0.409. The van der Waals surface area contributed by atoms with Crippen LogP contribution in [0.15, 0.2) is 53.4 Å². The fourth-order valence-electron chi connectivity index (χ4n) is 3.48. The third kappa shape index (κ3) is 5.22. The van der Waals surface area contributed by atoms with Crippen LogP contribution in [-0.4, -0.2) is 39.5 Å². The Kier molecular flexibility index (Phi) is 7.05. The lowest BCUT2D eigenvalue weighted by molar-refractivity contribution is -0.383. The van der Waals surface area contributed by atoms with E-state index in [0.29, 0.717) is 24.8 Å². The number of alkyl halides is 6. The molecule has 0 aliphatic heterocycles.